The van der Waals surface area contributed by atoms with E-state index in [4.69, 9.17) is 4.74 Å². The summed E-state index contributed by atoms with van der Waals surface area (Å²) in [5.41, 5.74) is 3.89. The number of hydrogen-bond acceptors (Lipinski definition) is 3. The monoisotopic (exact) mass is 362 g/mol. The molecule has 1 heterocycles. The SMILES string of the molecule is CC(=O)/C=C/c1[nH]c2ccccc2c1CCNC(=O)OCc1ccccc1. The fraction of sp³-hybridized carbons (Fsp3) is 0.182. The molecular formula is C22H22N2O3. The molecule has 0 bridgehead atoms. The van der Waals surface area contributed by atoms with E-state index in [1.165, 1.54) is 13.0 Å². The number of hydrogen-bond donors (Lipinski definition) is 2. The van der Waals surface area contributed by atoms with E-state index >= 15 is 0 Å². The molecule has 0 aliphatic rings. The van der Waals surface area contributed by atoms with Crippen LogP contribution in [0.3, 0.4) is 0 Å². The number of benzene rings is 2. The highest BCUT2D eigenvalue weighted by Gasteiger charge is 2.10. The van der Waals surface area contributed by atoms with Gasteiger partial charge in [0.15, 0.2) is 5.78 Å². The number of carbonyl (C=O) groups excluding carboxylic acids is 2. The Morgan fingerprint density at radius 2 is 1.81 bits per heavy atom. The molecule has 2 aromatic carbocycles. The molecule has 0 fully saturated rings. The van der Waals surface area contributed by atoms with Crippen LogP contribution in [0.2, 0.25) is 0 Å². The van der Waals surface area contributed by atoms with E-state index in [1.807, 2.05) is 54.6 Å². The maximum Gasteiger partial charge on any atom is 0.407 e. The van der Waals surface area contributed by atoms with Gasteiger partial charge in [0.05, 0.1) is 0 Å². The number of ketones is 1. The fourth-order valence-corrected chi connectivity index (χ4v) is 2.90. The summed E-state index contributed by atoms with van der Waals surface area (Å²) in [4.78, 5) is 26.5. The van der Waals surface area contributed by atoms with E-state index in [1.54, 1.807) is 6.08 Å². The number of rotatable bonds is 7. The van der Waals surface area contributed by atoms with Crippen LogP contribution in [0.4, 0.5) is 4.79 Å². The van der Waals surface area contributed by atoms with E-state index in [-0.39, 0.29) is 12.4 Å². The third-order valence-electron chi connectivity index (χ3n) is 4.19. The number of allylic oxidation sites excluding steroid dienone is 1. The zero-order valence-corrected chi connectivity index (χ0v) is 15.2. The largest absolute Gasteiger partial charge is 0.445 e. The standard InChI is InChI=1S/C22H22N2O3/c1-16(25)11-12-21-19(18-9-5-6-10-20(18)24-21)13-14-23-22(26)27-15-17-7-3-2-4-8-17/h2-12,24H,13-15H2,1H3,(H,23,26)/b12-11+. The molecule has 0 unspecified atom stereocenters. The lowest BCUT2D eigenvalue weighted by atomic mass is 10.1. The molecule has 5 heteroatoms. The third-order valence-corrected chi connectivity index (χ3v) is 4.19. The topological polar surface area (TPSA) is 71.2 Å². The smallest absolute Gasteiger partial charge is 0.407 e. The number of nitrogens with one attached hydrogen (secondary N) is 2. The molecule has 5 nitrogen and oxygen atoms in total. The highest BCUT2D eigenvalue weighted by atomic mass is 16.5. The van der Waals surface area contributed by atoms with Crippen LogP contribution in [0, 0.1) is 0 Å². The molecule has 1 aromatic heterocycles. The second-order valence-electron chi connectivity index (χ2n) is 6.25. The van der Waals surface area contributed by atoms with Gasteiger partial charge < -0.3 is 15.0 Å². The Morgan fingerprint density at radius 3 is 2.59 bits per heavy atom. The Labute approximate surface area is 158 Å². The van der Waals surface area contributed by atoms with E-state index in [0.29, 0.717) is 13.0 Å². The number of amides is 1. The normalized spacial score (nSPS) is 11.0. The molecule has 3 aromatic rings. The van der Waals surface area contributed by atoms with Gasteiger partial charge >= 0.3 is 6.09 Å². The number of ether oxygens (including phenoxy) is 1. The van der Waals surface area contributed by atoms with E-state index in [9.17, 15) is 9.59 Å². The molecule has 3 rings (SSSR count). The Balaban J connectivity index is 1.61. The van der Waals surface area contributed by atoms with Gasteiger partial charge in [-0.05, 0) is 42.7 Å². The van der Waals surface area contributed by atoms with Crippen LogP contribution in [0.25, 0.3) is 17.0 Å². The molecular weight excluding hydrogens is 340 g/mol. The molecule has 27 heavy (non-hydrogen) atoms. The average molecular weight is 362 g/mol. The van der Waals surface area contributed by atoms with Crippen LogP contribution in [-0.2, 0) is 22.6 Å². The third kappa shape index (κ3) is 5.07. The van der Waals surface area contributed by atoms with Crippen molar-refractivity contribution in [2.24, 2.45) is 0 Å². The lowest BCUT2D eigenvalue weighted by Crippen LogP contribution is -2.26. The zero-order chi connectivity index (χ0) is 19.1. The summed E-state index contributed by atoms with van der Waals surface area (Å²) >= 11 is 0. The second kappa shape index (κ2) is 8.85. The number of para-hydroxylation sites is 1. The molecule has 0 atom stereocenters. The highest BCUT2D eigenvalue weighted by molar-refractivity contribution is 5.94. The Hall–Kier alpha value is -3.34. The van der Waals surface area contributed by atoms with E-state index in [2.05, 4.69) is 10.3 Å². The molecule has 2 N–H and O–H groups in total. The van der Waals surface area contributed by atoms with Gasteiger partial charge in [0.25, 0.3) is 0 Å². The van der Waals surface area contributed by atoms with Gasteiger partial charge in [-0.15, -0.1) is 0 Å². The molecule has 0 aliphatic heterocycles. The molecule has 0 aliphatic carbocycles. The van der Waals surface area contributed by atoms with Crippen LogP contribution in [-0.4, -0.2) is 23.4 Å². The lowest BCUT2D eigenvalue weighted by molar-refractivity contribution is -0.112. The predicted molar refractivity (Wildman–Crippen MR) is 106 cm³/mol. The van der Waals surface area contributed by atoms with Crippen molar-refractivity contribution in [2.75, 3.05) is 6.54 Å². The number of carbonyl (C=O) groups is 2. The summed E-state index contributed by atoms with van der Waals surface area (Å²) in [6.45, 7) is 2.20. The molecule has 138 valence electrons. The van der Waals surface area contributed by atoms with Crippen molar-refractivity contribution < 1.29 is 14.3 Å². The van der Waals surface area contributed by atoms with Gasteiger partial charge in [-0.1, -0.05) is 48.5 Å². The lowest BCUT2D eigenvalue weighted by Gasteiger charge is -2.07. The van der Waals surface area contributed by atoms with Gasteiger partial charge in [0, 0.05) is 23.1 Å². The first-order chi connectivity index (χ1) is 13.1. The predicted octanol–water partition coefficient (Wildman–Crippen LogP) is 4.24. The molecule has 1 amide bonds. The second-order valence-corrected chi connectivity index (χ2v) is 6.25. The molecule has 0 radical (unpaired) electrons. The maximum absolute atomic E-state index is 11.9. The number of aromatic amines is 1. The minimum Gasteiger partial charge on any atom is -0.445 e. The fourth-order valence-electron chi connectivity index (χ4n) is 2.90. The van der Waals surface area contributed by atoms with Gasteiger partial charge in [-0.2, -0.15) is 0 Å². The van der Waals surface area contributed by atoms with Crippen molar-refractivity contribution >= 4 is 28.9 Å². The first kappa shape index (κ1) is 18.5. The van der Waals surface area contributed by atoms with Crippen molar-refractivity contribution in [1.29, 1.82) is 0 Å². The Bertz CT molecular complexity index is 958. The maximum atomic E-state index is 11.9. The Morgan fingerprint density at radius 1 is 1.07 bits per heavy atom. The summed E-state index contributed by atoms with van der Waals surface area (Å²) < 4.78 is 5.23. The summed E-state index contributed by atoms with van der Waals surface area (Å²) in [6, 6.07) is 17.5. The van der Waals surface area contributed by atoms with Crippen molar-refractivity contribution in [2.45, 2.75) is 20.0 Å². The number of alkyl carbamates (subject to hydrolysis) is 1. The minimum atomic E-state index is -0.445. The van der Waals surface area contributed by atoms with Crippen molar-refractivity contribution in [3.63, 3.8) is 0 Å². The number of H-pyrrole nitrogens is 1. The number of fused-ring (bicyclic) bond motifs is 1. The van der Waals surface area contributed by atoms with Crippen LogP contribution < -0.4 is 5.32 Å². The van der Waals surface area contributed by atoms with Gasteiger partial charge in [0.1, 0.15) is 6.61 Å². The van der Waals surface area contributed by atoms with Crippen LogP contribution in [0.15, 0.2) is 60.7 Å². The molecule has 0 saturated heterocycles. The van der Waals surface area contributed by atoms with Crippen LogP contribution in [0.1, 0.15) is 23.7 Å². The van der Waals surface area contributed by atoms with Gasteiger partial charge in [0.2, 0.25) is 0 Å². The average Bonchev–Trinajstić information content (AvgIpc) is 3.03. The van der Waals surface area contributed by atoms with Crippen LogP contribution >= 0.6 is 0 Å². The van der Waals surface area contributed by atoms with Crippen molar-refractivity contribution in [1.82, 2.24) is 10.3 Å². The zero-order valence-electron chi connectivity index (χ0n) is 15.2. The van der Waals surface area contributed by atoms with E-state index < -0.39 is 6.09 Å². The molecule has 0 spiro atoms. The highest BCUT2D eigenvalue weighted by Crippen LogP contribution is 2.23. The minimum absolute atomic E-state index is 0.0118. The summed E-state index contributed by atoms with van der Waals surface area (Å²) in [5.74, 6) is -0.0118. The number of aromatic nitrogens is 1. The van der Waals surface area contributed by atoms with Crippen molar-refractivity contribution in [3.05, 3.63) is 77.5 Å². The van der Waals surface area contributed by atoms with E-state index in [0.717, 1.165) is 27.7 Å². The summed E-state index contributed by atoms with van der Waals surface area (Å²) in [6.07, 6.45) is 3.50. The first-order valence-electron chi connectivity index (χ1n) is 8.86. The van der Waals surface area contributed by atoms with Crippen LogP contribution in [0.5, 0.6) is 0 Å². The first-order valence-corrected chi connectivity index (χ1v) is 8.86. The molecule has 0 saturated carbocycles. The van der Waals surface area contributed by atoms with Gasteiger partial charge in [-0.25, -0.2) is 4.79 Å². The van der Waals surface area contributed by atoms with Gasteiger partial charge in [-0.3, -0.25) is 4.79 Å². The summed E-state index contributed by atoms with van der Waals surface area (Å²) in [5, 5.41) is 3.87. The quantitative estimate of drug-likeness (QED) is 0.618. The summed E-state index contributed by atoms with van der Waals surface area (Å²) in [7, 11) is 0. The van der Waals surface area contributed by atoms with Crippen molar-refractivity contribution in [3.8, 4) is 0 Å². The Kier molecular flexibility index (Phi) is 6.05.